The molecular formula is C9H5ClN2OS. The van der Waals surface area contributed by atoms with Crippen LogP contribution in [0.3, 0.4) is 0 Å². The fourth-order valence-electron chi connectivity index (χ4n) is 1.00. The molecule has 0 unspecified atom stereocenters. The Kier molecular flexibility index (Phi) is 2.56. The van der Waals surface area contributed by atoms with E-state index in [4.69, 9.17) is 11.6 Å². The quantitative estimate of drug-likeness (QED) is 0.736. The van der Waals surface area contributed by atoms with Crippen LogP contribution in [0.15, 0.2) is 29.2 Å². The van der Waals surface area contributed by atoms with Crippen molar-refractivity contribution in [3.63, 3.8) is 0 Å². The smallest absolute Gasteiger partial charge is 0.215 e. The normalized spacial score (nSPS) is 10.1. The molecule has 0 aromatic carbocycles. The van der Waals surface area contributed by atoms with Gasteiger partial charge < -0.3 is 0 Å². The standard InChI is InChI=1S/C9H5ClN2OS/c10-9-7(11-2-3-12-9)8(13)6-1-4-14-5-6/h1-5H. The average Bonchev–Trinajstić information content (AvgIpc) is 2.70. The van der Waals surface area contributed by atoms with Crippen LogP contribution in [-0.2, 0) is 0 Å². The lowest BCUT2D eigenvalue weighted by Crippen LogP contribution is -2.04. The van der Waals surface area contributed by atoms with Crippen LogP contribution in [0.1, 0.15) is 16.1 Å². The number of thiophene rings is 1. The molecule has 0 bridgehead atoms. The van der Waals surface area contributed by atoms with Crippen molar-refractivity contribution in [2.45, 2.75) is 0 Å². The van der Waals surface area contributed by atoms with E-state index in [0.29, 0.717) is 5.56 Å². The van der Waals surface area contributed by atoms with E-state index in [0.717, 1.165) is 0 Å². The number of carbonyl (C=O) groups excluding carboxylic acids is 1. The van der Waals surface area contributed by atoms with Gasteiger partial charge in [-0.1, -0.05) is 11.6 Å². The third-order valence-corrected chi connectivity index (χ3v) is 2.61. The summed E-state index contributed by atoms with van der Waals surface area (Å²) in [7, 11) is 0. The number of hydrogen-bond acceptors (Lipinski definition) is 4. The highest BCUT2D eigenvalue weighted by atomic mass is 35.5. The van der Waals surface area contributed by atoms with Gasteiger partial charge in [-0.2, -0.15) is 11.3 Å². The first kappa shape index (κ1) is 9.30. The molecule has 5 heteroatoms. The molecule has 0 radical (unpaired) electrons. The minimum absolute atomic E-state index is 0.142. The highest BCUT2D eigenvalue weighted by molar-refractivity contribution is 7.08. The minimum Gasteiger partial charge on any atom is -0.287 e. The van der Waals surface area contributed by atoms with Crippen LogP contribution in [0.5, 0.6) is 0 Å². The summed E-state index contributed by atoms with van der Waals surface area (Å²) in [6, 6.07) is 1.73. The fraction of sp³-hybridized carbons (Fsp3) is 0. The van der Waals surface area contributed by atoms with Gasteiger partial charge in [0.05, 0.1) is 0 Å². The first-order valence-corrected chi connectivity index (χ1v) is 5.14. The van der Waals surface area contributed by atoms with Gasteiger partial charge in [-0.05, 0) is 11.4 Å². The number of halogens is 1. The van der Waals surface area contributed by atoms with Crippen molar-refractivity contribution in [1.82, 2.24) is 9.97 Å². The second-order valence-corrected chi connectivity index (χ2v) is 3.67. The summed E-state index contributed by atoms with van der Waals surface area (Å²) in [5, 5.41) is 3.73. The van der Waals surface area contributed by atoms with Crippen molar-refractivity contribution in [2.75, 3.05) is 0 Å². The van der Waals surface area contributed by atoms with Crippen molar-refractivity contribution < 1.29 is 4.79 Å². The average molecular weight is 225 g/mol. The zero-order valence-corrected chi connectivity index (χ0v) is 8.55. The van der Waals surface area contributed by atoms with Gasteiger partial charge in [0.25, 0.3) is 0 Å². The number of rotatable bonds is 2. The summed E-state index contributed by atoms with van der Waals surface area (Å²) < 4.78 is 0. The van der Waals surface area contributed by atoms with Crippen LogP contribution >= 0.6 is 22.9 Å². The number of carbonyl (C=O) groups is 1. The molecule has 0 saturated heterocycles. The lowest BCUT2D eigenvalue weighted by Gasteiger charge is -1.97. The summed E-state index contributed by atoms with van der Waals surface area (Å²) in [5.41, 5.74) is 0.796. The molecule has 2 rings (SSSR count). The summed E-state index contributed by atoms with van der Waals surface area (Å²) in [6.45, 7) is 0. The second kappa shape index (κ2) is 3.86. The Morgan fingerprint density at radius 1 is 1.36 bits per heavy atom. The molecule has 0 atom stereocenters. The molecule has 3 nitrogen and oxygen atoms in total. The molecule has 2 heterocycles. The number of hydrogen-bond donors (Lipinski definition) is 0. The lowest BCUT2D eigenvalue weighted by atomic mass is 10.2. The van der Waals surface area contributed by atoms with E-state index in [1.165, 1.54) is 23.7 Å². The first-order chi connectivity index (χ1) is 6.79. The Morgan fingerprint density at radius 3 is 2.79 bits per heavy atom. The van der Waals surface area contributed by atoms with Gasteiger partial charge in [0.1, 0.15) is 5.69 Å². The maximum atomic E-state index is 11.7. The Bertz CT molecular complexity index is 456. The van der Waals surface area contributed by atoms with Gasteiger partial charge in [-0.25, -0.2) is 9.97 Å². The Morgan fingerprint density at radius 2 is 2.14 bits per heavy atom. The molecule has 2 aromatic heterocycles. The third-order valence-electron chi connectivity index (χ3n) is 1.65. The fourth-order valence-corrected chi connectivity index (χ4v) is 1.83. The van der Waals surface area contributed by atoms with Gasteiger partial charge in [0.15, 0.2) is 5.15 Å². The van der Waals surface area contributed by atoms with E-state index < -0.39 is 0 Å². The topological polar surface area (TPSA) is 42.9 Å². The number of nitrogens with zero attached hydrogens (tertiary/aromatic N) is 2. The monoisotopic (exact) mass is 224 g/mol. The maximum absolute atomic E-state index is 11.7. The van der Waals surface area contributed by atoms with Crippen LogP contribution in [0, 0.1) is 0 Å². The molecule has 0 aliphatic heterocycles. The molecule has 0 aliphatic carbocycles. The molecule has 0 saturated carbocycles. The van der Waals surface area contributed by atoms with E-state index in [2.05, 4.69) is 9.97 Å². The van der Waals surface area contributed by atoms with E-state index in [1.807, 2.05) is 5.38 Å². The third kappa shape index (κ3) is 1.66. The van der Waals surface area contributed by atoms with Crippen LogP contribution in [0.4, 0.5) is 0 Å². The maximum Gasteiger partial charge on any atom is 0.215 e. The molecule has 70 valence electrons. The Hall–Kier alpha value is -1.26. The molecule has 0 spiro atoms. The van der Waals surface area contributed by atoms with E-state index >= 15 is 0 Å². The molecule has 0 aliphatic rings. The van der Waals surface area contributed by atoms with Gasteiger partial charge in [0, 0.05) is 23.3 Å². The van der Waals surface area contributed by atoms with Crippen molar-refractivity contribution in [1.29, 1.82) is 0 Å². The molecule has 2 aromatic rings. The summed E-state index contributed by atoms with van der Waals surface area (Å²) in [4.78, 5) is 19.4. The summed E-state index contributed by atoms with van der Waals surface area (Å²) in [6.07, 6.45) is 2.90. The summed E-state index contributed by atoms with van der Waals surface area (Å²) in [5.74, 6) is -0.190. The molecular weight excluding hydrogens is 220 g/mol. The van der Waals surface area contributed by atoms with Crippen LogP contribution in [-0.4, -0.2) is 15.8 Å². The highest BCUT2D eigenvalue weighted by Crippen LogP contribution is 2.15. The van der Waals surface area contributed by atoms with E-state index in [1.54, 1.807) is 11.4 Å². The van der Waals surface area contributed by atoms with Gasteiger partial charge in [0.2, 0.25) is 5.78 Å². The van der Waals surface area contributed by atoms with Gasteiger partial charge in [-0.15, -0.1) is 0 Å². The van der Waals surface area contributed by atoms with Crippen molar-refractivity contribution in [2.24, 2.45) is 0 Å². The largest absolute Gasteiger partial charge is 0.287 e. The van der Waals surface area contributed by atoms with Crippen molar-refractivity contribution >= 4 is 28.7 Å². The molecule has 0 amide bonds. The Balaban J connectivity index is 2.42. The predicted octanol–water partition coefficient (Wildman–Crippen LogP) is 2.42. The van der Waals surface area contributed by atoms with Crippen LogP contribution in [0.25, 0.3) is 0 Å². The summed E-state index contributed by atoms with van der Waals surface area (Å²) >= 11 is 7.20. The van der Waals surface area contributed by atoms with Crippen LogP contribution in [0.2, 0.25) is 5.15 Å². The zero-order chi connectivity index (χ0) is 9.97. The van der Waals surface area contributed by atoms with Crippen molar-refractivity contribution in [3.8, 4) is 0 Å². The number of aromatic nitrogens is 2. The number of ketones is 1. The molecule has 0 fully saturated rings. The van der Waals surface area contributed by atoms with Crippen LogP contribution < -0.4 is 0 Å². The second-order valence-electron chi connectivity index (χ2n) is 2.54. The van der Waals surface area contributed by atoms with Crippen molar-refractivity contribution in [3.05, 3.63) is 45.6 Å². The predicted molar refractivity (Wildman–Crippen MR) is 54.8 cm³/mol. The Labute approximate surface area is 89.4 Å². The first-order valence-electron chi connectivity index (χ1n) is 3.82. The zero-order valence-electron chi connectivity index (χ0n) is 6.98. The molecule has 0 N–H and O–H groups in total. The molecule has 14 heavy (non-hydrogen) atoms. The van der Waals surface area contributed by atoms with E-state index in [-0.39, 0.29) is 16.6 Å². The highest BCUT2D eigenvalue weighted by Gasteiger charge is 2.14. The SMILES string of the molecule is O=C(c1ccsc1)c1nccnc1Cl. The van der Waals surface area contributed by atoms with Gasteiger partial charge in [-0.3, -0.25) is 4.79 Å². The minimum atomic E-state index is -0.190. The van der Waals surface area contributed by atoms with E-state index in [9.17, 15) is 4.79 Å². The van der Waals surface area contributed by atoms with Gasteiger partial charge >= 0.3 is 0 Å². The lowest BCUT2D eigenvalue weighted by molar-refractivity contribution is 0.103.